The van der Waals surface area contributed by atoms with E-state index in [4.69, 9.17) is 5.26 Å². The molecule has 0 saturated carbocycles. The molecule has 2 aromatic carbocycles. The molecule has 96 valence electrons. The number of nitrogens with zero attached hydrogens (tertiary/aromatic N) is 1. The maximum atomic E-state index is 8.66. The van der Waals surface area contributed by atoms with Crippen molar-refractivity contribution in [3.05, 3.63) is 59.7 Å². The number of rotatable bonds is 4. The Labute approximate surface area is 115 Å². The Morgan fingerprint density at radius 1 is 0.842 bits per heavy atom. The molecule has 0 heterocycles. The Balaban J connectivity index is 2.15. The molecule has 0 N–H and O–H groups in total. The van der Waals surface area contributed by atoms with Crippen LogP contribution < -0.4 is 0 Å². The van der Waals surface area contributed by atoms with E-state index in [2.05, 4.69) is 56.3 Å². The molecule has 0 fully saturated rings. The smallest absolute Gasteiger partial charge is 0.0669 e. The first-order chi connectivity index (χ1) is 9.19. The van der Waals surface area contributed by atoms with E-state index in [-0.39, 0.29) is 0 Å². The second-order valence-electron chi connectivity index (χ2n) is 5.33. The number of nitriles is 1. The first-order valence-corrected chi connectivity index (χ1v) is 6.74. The average molecular weight is 249 g/mol. The molecule has 0 aliphatic carbocycles. The quantitative estimate of drug-likeness (QED) is 0.775. The van der Waals surface area contributed by atoms with Crippen LogP contribution in [-0.4, -0.2) is 0 Å². The molecule has 0 aliphatic heterocycles. The van der Waals surface area contributed by atoms with Gasteiger partial charge in [0, 0.05) is 0 Å². The average Bonchev–Trinajstić information content (AvgIpc) is 2.40. The van der Waals surface area contributed by atoms with E-state index in [1.54, 1.807) is 0 Å². The van der Waals surface area contributed by atoms with Gasteiger partial charge in [0.05, 0.1) is 12.5 Å². The van der Waals surface area contributed by atoms with E-state index in [1.165, 1.54) is 16.7 Å². The molecule has 0 aliphatic rings. The summed E-state index contributed by atoms with van der Waals surface area (Å²) in [7, 11) is 0. The molecule has 0 atom stereocenters. The molecule has 0 spiro atoms. The van der Waals surface area contributed by atoms with Crippen molar-refractivity contribution in [3.63, 3.8) is 0 Å². The summed E-state index contributed by atoms with van der Waals surface area (Å²) in [6.07, 6.45) is 1.61. The SMILES string of the molecule is CC(C)Cc1ccc(-c2ccc(CC#N)cc2)cc1. The molecule has 0 bridgehead atoms. The van der Waals surface area contributed by atoms with E-state index in [0.717, 1.165) is 12.0 Å². The minimum atomic E-state index is 0.480. The molecule has 0 radical (unpaired) electrons. The summed E-state index contributed by atoms with van der Waals surface area (Å²) < 4.78 is 0. The molecule has 0 saturated heterocycles. The summed E-state index contributed by atoms with van der Waals surface area (Å²) in [5.74, 6) is 0.691. The van der Waals surface area contributed by atoms with Crippen LogP contribution in [0.25, 0.3) is 11.1 Å². The summed E-state index contributed by atoms with van der Waals surface area (Å²) in [6.45, 7) is 4.48. The standard InChI is InChI=1S/C18H19N/c1-14(2)13-16-5-9-18(10-6-16)17-7-3-15(4-8-17)11-12-19/h3-10,14H,11,13H2,1-2H3. The molecule has 0 amide bonds. The monoisotopic (exact) mass is 249 g/mol. The van der Waals surface area contributed by atoms with Crippen molar-refractivity contribution < 1.29 is 0 Å². The maximum absolute atomic E-state index is 8.66. The number of benzene rings is 2. The van der Waals surface area contributed by atoms with Gasteiger partial charge < -0.3 is 0 Å². The zero-order chi connectivity index (χ0) is 13.7. The lowest BCUT2D eigenvalue weighted by atomic mass is 9.98. The van der Waals surface area contributed by atoms with E-state index >= 15 is 0 Å². The highest BCUT2D eigenvalue weighted by Gasteiger charge is 2.00. The topological polar surface area (TPSA) is 23.8 Å². The molecule has 0 aromatic heterocycles. The largest absolute Gasteiger partial charge is 0.198 e. The molecule has 2 rings (SSSR count). The van der Waals surface area contributed by atoms with Crippen LogP contribution in [0.3, 0.4) is 0 Å². The summed E-state index contributed by atoms with van der Waals surface area (Å²) in [5.41, 5.74) is 4.90. The van der Waals surface area contributed by atoms with Gasteiger partial charge in [0.2, 0.25) is 0 Å². The lowest BCUT2D eigenvalue weighted by molar-refractivity contribution is 0.647. The lowest BCUT2D eigenvalue weighted by Crippen LogP contribution is -1.93. The van der Waals surface area contributed by atoms with Crippen molar-refractivity contribution in [2.45, 2.75) is 26.7 Å². The second kappa shape index (κ2) is 6.20. The fourth-order valence-electron chi connectivity index (χ4n) is 2.21. The van der Waals surface area contributed by atoms with E-state index in [9.17, 15) is 0 Å². The van der Waals surface area contributed by atoms with Gasteiger partial charge in [-0.05, 0) is 34.6 Å². The molecule has 1 nitrogen and oxygen atoms in total. The fraction of sp³-hybridized carbons (Fsp3) is 0.278. The summed E-state index contributed by atoms with van der Waals surface area (Å²) in [6, 6.07) is 19.2. The van der Waals surface area contributed by atoms with Gasteiger partial charge in [-0.3, -0.25) is 0 Å². The van der Waals surface area contributed by atoms with Crippen molar-refractivity contribution in [2.75, 3.05) is 0 Å². The van der Waals surface area contributed by atoms with Gasteiger partial charge in [-0.25, -0.2) is 0 Å². The van der Waals surface area contributed by atoms with Crippen LogP contribution in [0.2, 0.25) is 0 Å². The van der Waals surface area contributed by atoms with Gasteiger partial charge in [0.15, 0.2) is 0 Å². The zero-order valence-corrected chi connectivity index (χ0v) is 11.6. The summed E-state index contributed by atoms with van der Waals surface area (Å²) in [4.78, 5) is 0. The minimum Gasteiger partial charge on any atom is -0.198 e. The third-order valence-corrected chi connectivity index (χ3v) is 3.17. The van der Waals surface area contributed by atoms with Crippen LogP contribution in [0.4, 0.5) is 0 Å². The second-order valence-corrected chi connectivity index (χ2v) is 5.33. The van der Waals surface area contributed by atoms with Crippen molar-refractivity contribution in [2.24, 2.45) is 5.92 Å². The minimum absolute atomic E-state index is 0.480. The predicted octanol–water partition coefficient (Wildman–Crippen LogP) is 4.62. The van der Waals surface area contributed by atoms with Gasteiger partial charge in [0.25, 0.3) is 0 Å². The van der Waals surface area contributed by atoms with Crippen molar-refractivity contribution in [1.29, 1.82) is 5.26 Å². The van der Waals surface area contributed by atoms with Crippen LogP contribution in [0.15, 0.2) is 48.5 Å². The summed E-state index contributed by atoms with van der Waals surface area (Å²) in [5, 5.41) is 8.66. The first kappa shape index (κ1) is 13.4. The van der Waals surface area contributed by atoms with E-state index < -0.39 is 0 Å². The summed E-state index contributed by atoms with van der Waals surface area (Å²) >= 11 is 0. The van der Waals surface area contributed by atoms with Gasteiger partial charge in [-0.15, -0.1) is 0 Å². The Bertz CT molecular complexity index is 556. The van der Waals surface area contributed by atoms with Crippen LogP contribution in [-0.2, 0) is 12.8 Å². The Morgan fingerprint density at radius 2 is 1.32 bits per heavy atom. The predicted molar refractivity (Wildman–Crippen MR) is 79.7 cm³/mol. The number of hydrogen-bond acceptors (Lipinski definition) is 1. The maximum Gasteiger partial charge on any atom is 0.0669 e. The van der Waals surface area contributed by atoms with Crippen LogP contribution in [0, 0.1) is 17.2 Å². The van der Waals surface area contributed by atoms with Gasteiger partial charge in [0.1, 0.15) is 0 Å². The van der Waals surface area contributed by atoms with E-state index in [0.29, 0.717) is 12.3 Å². The van der Waals surface area contributed by atoms with Crippen molar-refractivity contribution >= 4 is 0 Å². The van der Waals surface area contributed by atoms with Crippen molar-refractivity contribution in [3.8, 4) is 17.2 Å². The third kappa shape index (κ3) is 3.69. The Kier molecular flexibility index (Phi) is 4.36. The Morgan fingerprint density at radius 3 is 1.74 bits per heavy atom. The lowest BCUT2D eigenvalue weighted by Gasteiger charge is -2.07. The highest BCUT2D eigenvalue weighted by molar-refractivity contribution is 5.64. The molecule has 1 heteroatoms. The molecular formula is C18H19N. The molecule has 0 unspecified atom stereocenters. The first-order valence-electron chi connectivity index (χ1n) is 6.74. The van der Waals surface area contributed by atoms with Crippen molar-refractivity contribution in [1.82, 2.24) is 0 Å². The zero-order valence-electron chi connectivity index (χ0n) is 11.6. The molecule has 19 heavy (non-hydrogen) atoms. The van der Waals surface area contributed by atoms with Gasteiger partial charge in [-0.2, -0.15) is 5.26 Å². The normalized spacial score (nSPS) is 10.4. The van der Waals surface area contributed by atoms with Gasteiger partial charge in [-0.1, -0.05) is 62.4 Å². The molecule has 2 aromatic rings. The fourth-order valence-corrected chi connectivity index (χ4v) is 2.21. The van der Waals surface area contributed by atoms with Gasteiger partial charge >= 0.3 is 0 Å². The number of hydrogen-bond donors (Lipinski definition) is 0. The highest BCUT2D eigenvalue weighted by atomic mass is 14.2. The molecular weight excluding hydrogens is 230 g/mol. The van der Waals surface area contributed by atoms with Crippen LogP contribution in [0.1, 0.15) is 25.0 Å². The Hall–Kier alpha value is -2.07. The highest BCUT2D eigenvalue weighted by Crippen LogP contribution is 2.21. The van der Waals surface area contributed by atoms with E-state index in [1.807, 2.05) is 12.1 Å². The van der Waals surface area contributed by atoms with Crippen LogP contribution >= 0.6 is 0 Å². The van der Waals surface area contributed by atoms with Crippen LogP contribution in [0.5, 0.6) is 0 Å². The third-order valence-electron chi connectivity index (χ3n) is 3.17.